The Bertz CT molecular complexity index is 351. The van der Waals surface area contributed by atoms with Crippen LogP contribution in [0.25, 0.3) is 0 Å². The van der Waals surface area contributed by atoms with Gasteiger partial charge in [0.25, 0.3) is 0 Å². The summed E-state index contributed by atoms with van der Waals surface area (Å²) in [4.78, 5) is 11.9. The highest BCUT2D eigenvalue weighted by molar-refractivity contribution is 4.94. The third-order valence-electron chi connectivity index (χ3n) is 2.71. The van der Waals surface area contributed by atoms with E-state index in [9.17, 15) is 0 Å². The van der Waals surface area contributed by atoms with Gasteiger partial charge in [-0.15, -0.1) is 0 Å². The molecule has 0 aromatic carbocycles. The van der Waals surface area contributed by atoms with Crippen LogP contribution < -0.4 is 5.32 Å². The normalized spacial score (nSPS) is 29.2. The lowest BCUT2D eigenvalue weighted by atomic mass is 10.1. The maximum atomic E-state index is 5.71. The van der Waals surface area contributed by atoms with Gasteiger partial charge in [-0.1, -0.05) is 0 Å². The molecule has 17 heavy (non-hydrogen) atoms. The van der Waals surface area contributed by atoms with Crippen molar-refractivity contribution in [2.24, 2.45) is 0 Å². The minimum atomic E-state index is -0.894. The minimum absolute atomic E-state index is 0.349. The summed E-state index contributed by atoms with van der Waals surface area (Å²) < 4.78 is 16.5. The van der Waals surface area contributed by atoms with Crippen molar-refractivity contribution in [3.63, 3.8) is 0 Å². The van der Waals surface area contributed by atoms with Crippen LogP contribution in [-0.4, -0.2) is 54.3 Å². The predicted molar refractivity (Wildman–Crippen MR) is 58.0 cm³/mol. The van der Waals surface area contributed by atoms with Crippen LogP contribution >= 0.6 is 0 Å². The third kappa shape index (κ3) is 2.58. The number of nitrogens with one attached hydrogen (secondary N) is 1. The van der Waals surface area contributed by atoms with E-state index in [1.165, 1.54) is 12.7 Å². The maximum Gasteiger partial charge on any atom is 0.215 e. The summed E-state index contributed by atoms with van der Waals surface area (Å²) in [5, 5.41) is 3.19. The van der Waals surface area contributed by atoms with Crippen LogP contribution in [0.4, 0.5) is 0 Å². The number of hydrogen-bond donors (Lipinski definition) is 1. The van der Waals surface area contributed by atoms with E-state index in [2.05, 4.69) is 20.3 Å². The Morgan fingerprint density at radius 1 is 1.47 bits per heavy atom. The molecule has 2 heterocycles. The van der Waals surface area contributed by atoms with Gasteiger partial charge in [0, 0.05) is 20.8 Å². The van der Waals surface area contributed by atoms with E-state index in [1.807, 2.05) is 0 Å². The molecular formula is C10H16N4O3. The first-order chi connectivity index (χ1) is 8.30. The summed E-state index contributed by atoms with van der Waals surface area (Å²) in [5.41, 5.74) is 0. The molecule has 7 nitrogen and oxygen atoms in total. The molecule has 2 atom stereocenters. The zero-order valence-electron chi connectivity index (χ0n) is 9.92. The van der Waals surface area contributed by atoms with Gasteiger partial charge >= 0.3 is 0 Å². The van der Waals surface area contributed by atoms with Gasteiger partial charge < -0.3 is 14.2 Å². The molecule has 2 rings (SSSR count). The molecular weight excluding hydrogens is 224 g/mol. The zero-order valence-corrected chi connectivity index (χ0v) is 9.92. The van der Waals surface area contributed by atoms with E-state index >= 15 is 0 Å². The van der Waals surface area contributed by atoms with Crippen molar-refractivity contribution in [3.8, 4) is 0 Å². The second-order valence-electron chi connectivity index (χ2n) is 3.67. The summed E-state index contributed by atoms with van der Waals surface area (Å²) in [6, 6.07) is 0. The number of rotatable bonds is 4. The van der Waals surface area contributed by atoms with Gasteiger partial charge in [0.2, 0.25) is 5.79 Å². The highest BCUT2D eigenvalue weighted by Gasteiger charge is 2.44. The third-order valence-corrected chi connectivity index (χ3v) is 2.71. The Hall–Kier alpha value is -1.15. The maximum absolute atomic E-state index is 5.71. The summed E-state index contributed by atoms with van der Waals surface area (Å²) in [7, 11) is 3.19. The molecule has 1 aromatic heterocycles. The number of hydrogen-bond acceptors (Lipinski definition) is 7. The Morgan fingerprint density at radius 2 is 2.24 bits per heavy atom. The number of nitrogens with zero attached hydrogens (tertiary/aromatic N) is 3. The van der Waals surface area contributed by atoms with Gasteiger partial charge in [-0.25, -0.2) is 15.0 Å². The minimum Gasteiger partial charge on any atom is -0.361 e. The van der Waals surface area contributed by atoms with E-state index in [0.717, 1.165) is 6.54 Å². The highest BCUT2D eigenvalue weighted by atomic mass is 16.7. The lowest BCUT2D eigenvalue weighted by Crippen LogP contribution is -2.61. The van der Waals surface area contributed by atoms with Crippen LogP contribution in [0, 0.1) is 0 Å². The SMILES string of the molecule is COC1NCCOC1(Cc1ncncn1)OC. The fourth-order valence-electron chi connectivity index (χ4n) is 1.86. The molecule has 1 N–H and O–H groups in total. The molecule has 0 radical (unpaired) electrons. The number of methoxy groups -OCH3 is 2. The second-order valence-corrected chi connectivity index (χ2v) is 3.67. The number of ether oxygens (including phenoxy) is 3. The lowest BCUT2D eigenvalue weighted by Gasteiger charge is -2.41. The van der Waals surface area contributed by atoms with Crippen LogP contribution in [0.15, 0.2) is 12.7 Å². The standard InChI is InChI=1S/C10H16N4O3/c1-15-9-10(16-2,17-4-3-12-9)5-8-13-6-11-7-14-8/h6-7,9,12H,3-5H2,1-2H3. The van der Waals surface area contributed by atoms with Crippen molar-refractivity contribution in [2.75, 3.05) is 27.4 Å². The van der Waals surface area contributed by atoms with Crippen LogP contribution in [0.1, 0.15) is 5.82 Å². The Labute approximate surface area is 99.5 Å². The van der Waals surface area contributed by atoms with Crippen molar-refractivity contribution in [3.05, 3.63) is 18.5 Å². The molecule has 1 aliphatic heterocycles. The average molecular weight is 240 g/mol. The fraction of sp³-hybridized carbons (Fsp3) is 0.700. The van der Waals surface area contributed by atoms with Gasteiger partial charge in [-0.2, -0.15) is 0 Å². The van der Waals surface area contributed by atoms with E-state index in [4.69, 9.17) is 14.2 Å². The molecule has 2 unspecified atom stereocenters. The van der Waals surface area contributed by atoms with Crippen molar-refractivity contribution >= 4 is 0 Å². The predicted octanol–water partition coefficient (Wildman–Crippen LogP) is -0.651. The summed E-state index contributed by atoms with van der Waals surface area (Å²) in [6.07, 6.45) is 2.95. The molecule has 0 amide bonds. The largest absolute Gasteiger partial charge is 0.361 e. The molecule has 94 valence electrons. The van der Waals surface area contributed by atoms with Gasteiger partial charge in [-0.3, -0.25) is 5.32 Å². The van der Waals surface area contributed by atoms with Crippen LogP contribution in [0.3, 0.4) is 0 Å². The smallest absolute Gasteiger partial charge is 0.215 e. The monoisotopic (exact) mass is 240 g/mol. The van der Waals surface area contributed by atoms with Crippen LogP contribution in [0.2, 0.25) is 0 Å². The molecule has 1 saturated heterocycles. The van der Waals surface area contributed by atoms with Crippen molar-refractivity contribution in [1.29, 1.82) is 0 Å². The Kier molecular flexibility index (Phi) is 3.95. The van der Waals surface area contributed by atoms with Crippen molar-refractivity contribution < 1.29 is 14.2 Å². The van der Waals surface area contributed by atoms with Crippen molar-refractivity contribution in [2.45, 2.75) is 18.4 Å². The molecule has 1 fully saturated rings. The first kappa shape index (κ1) is 12.3. The van der Waals surface area contributed by atoms with Gasteiger partial charge in [0.15, 0.2) is 6.23 Å². The Balaban J connectivity index is 2.17. The highest BCUT2D eigenvalue weighted by Crippen LogP contribution is 2.24. The molecule has 0 bridgehead atoms. The van der Waals surface area contributed by atoms with E-state index in [1.54, 1.807) is 14.2 Å². The summed E-state index contributed by atoms with van der Waals surface area (Å²) in [6.45, 7) is 1.28. The van der Waals surface area contributed by atoms with Crippen LogP contribution in [-0.2, 0) is 20.6 Å². The fourth-order valence-corrected chi connectivity index (χ4v) is 1.86. The van der Waals surface area contributed by atoms with Gasteiger partial charge in [-0.05, 0) is 0 Å². The number of morpholine rings is 1. The van der Waals surface area contributed by atoms with Crippen molar-refractivity contribution in [1.82, 2.24) is 20.3 Å². The van der Waals surface area contributed by atoms with E-state index in [-0.39, 0.29) is 6.23 Å². The van der Waals surface area contributed by atoms with Crippen LogP contribution in [0.5, 0.6) is 0 Å². The molecule has 0 spiro atoms. The summed E-state index contributed by atoms with van der Waals surface area (Å²) in [5.74, 6) is -0.290. The van der Waals surface area contributed by atoms with Gasteiger partial charge in [0.1, 0.15) is 18.5 Å². The second kappa shape index (κ2) is 5.46. The number of aromatic nitrogens is 3. The molecule has 7 heteroatoms. The zero-order chi connectivity index (χ0) is 12.1. The first-order valence-corrected chi connectivity index (χ1v) is 5.37. The topological polar surface area (TPSA) is 78.4 Å². The van der Waals surface area contributed by atoms with E-state index in [0.29, 0.717) is 18.9 Å². The summed E-state index contributed by atoms with van der Waals surface area (Å²) >= 11 is 0. The molecule has 0 saturated carbocycles. The lowest BCUT2D eigenvalue weighted by molar-refractivity contribution is -0.299. The molecule has 1 aromatic rings. The molecule has 0 aliphatic carbocycles. The Morgan fingerprint density at radius 3 is 2.88 bits per heavy atom. The molecule has 1 aliphatic rings. The van der Waals surface area contributed by atoms with Gasteiger partial charge in [0.05, 0.1) is 13.0 Å². The average Bonchev–Trinajstić information content (AvgIpc) is 2.40. The quantitative estimate of drug-likeness (QED) is 0.749. The van der Waals surface area contributed by atoms with E-state index < -0.39 is 5.79 Å². The first-order valence-electron chi connectivity index (χ1n) is 5.37.